The zero-order valence-corrected chi connectivity index (χ0v) is 10.8. The maximum atomic E-state index is 8.95. The molecule has 1 aliphatic heterocycles. The quantitative estimate of drug-likeness (QED) is 0.848. The lowest BCUT2D eigenvalue weighted by atomic mass is 9.97. The maximum Gasteiger partial charge on any atom is 0.157 e. The lowest BCUT2D eigenvalue weighted by Gasteiger charge is -2.28. The van der Waals surface area contributed by atoms with Gasteiger partial charge in [0.25, 0.3) is 0 Å². The van der Waals surface area contributed by atoms with Gasteiger partial charge in [-0.1, -0.05) is 0 Å². The average molecular weight is 251 g/mol. The number of nitrogen functional groups attached to an aromatic ring is 1. The number of hydrogen-bond donors (Lipinski definition) is 2. The first-order valence-electron chi connectivity index (χ1n) is 5.78. The summed E-state index contributed by atoms with van der Waals surface area (Å²) < 4.78 is 3.99. The van der Waals surface area contributed by atoms with E-state index in [0.29, 0.717) is 17.3 Å². The molecular formula is C11H17N5S. The number of nitrogens with two attached hydrogens (primary N) is 1. The predicted molar refractivity (Wildman–Crippen MR) is 70.0 cm³/mol. The van der Waals surface area contributed by atoms with Crippen molar-refractivity contribution in [2.24, 2.45) is 5.92 Å². The van der Waals surface area contributed by atoms with E-state index in [9.17, 15) is 0 Å². The Bertz CT molecular complexity index is 414. The molecule has 2 rings (SSSR count). The zero-order valence-electron chi connectivity index (χ0n) is 9.94. The molecule has 3 N–H and O–H groups in total. The van der Waals surface area contributed by atoms with Crippen molar-refractivity contribution in [2.75, 3.05) is 37.7 Å². The van der Waals surface area contributed by atoms with Crippen molar-refractivity contribution >= 4 is 22.4 Å². The smallest absolute Gasteiger partial charge is 0.157 e. The summed E-state index contributed by atoms with van der Waals surface area (Å²) in [5, 5.41) is 13.1. The van der Waals surface area contributed by atoms with Gasteiger partial charge in [0.1, 0.15) is 16.6 Å². The number of rotatable bonds is 3. The maximum absolute atomic E-state index is 8.95. The highest BCUT2D eigenvalue weighted by Gasteiger charge is 2.18. The number of nitrogens with zero attached hydrogens (tertiary/aromatic N) is 3. The van der Waals surface area contributed by atoms with Gasteiger partial charge >= 0.3 is 0 Å². The van der Waals surface area contributed by atoms with Crippen LogP contribution in [0.1, 0.15) is 18.4 Å². The van der Waals surface area contributed by atoms with Crippen LogP contribution in [-0.4, -0.2) is 36.0 Å². The van der Waals surface area contributed by atoms with Crippen LogP contribution < -0.4 is 11.1 Å². The van der Waals surface area contributed by atoms with Gasteiger partial charge in [-0.2, -0.15) is 9.64 Å². The Morgan fingerprint density at radius 2 is 2.29 bits per heavy atom. The molecule has 1 aromatic rings. The molecule has 92 valence electrons. The van der Waals surface area contributed by atoms with Crippen molar-refractivity contribution < 1.29 is 0 Å². The number of hydrogen-bond acceptors (Lipinski definition) is 6. The standard InChI is InChI=1S/C11H17N5S/c1-16-4-2-8(3-5-16)7-14-11-9(6-12)10(13)15-17-11/h8,14H,2-5,7H2,1H3,(H2,13,15). The normalized spacial score (nSPS) is 17.9. The van der Waals surface area contributed by atoms with Crippen molar-refractivity contribution in [1.29, 1.82) is 5.26 Å². The largest absolute Gasteiger partial charge is 0.382 e. The highest BCUT2D eigenvalue weighted by molar-refractivity contribution is 7.10. The molecule has 0 spiro atoms. The average Bonchev–Trinajstić information content (AvgIpc) is 2.69. The van der Waals surface area contributed by atoms with E-state index in [0.717, 1.165) is 24.6 Å². The minimum absolute atomic E-state index is 0.336. The Kier molecular flexibility index (Phi) is 3.82. The molecule has 1 aliphatic rings. The van der Waals surface area contributed by atoms with Crippen LogP contribution in [0.25, 0.3) is 0 Å². The highest BCUT2D eigenvalue weighted by atomic mass is 32.1. The van der Waals surface area contributed by atoms with Gasteiger partial charge in [0.05, 0.1) is 0 Å². The molecular weight excluding hydrogens is 234 g/mol. The fraction of sp³-hybridized carbons (Fsp3) is 0.636. The molecule has 1 saturated heterocycles. The Balaban J connectivity index is 1.88. The van der Waals surface area contributed by atoms with Crippen LogP contribution in [0.5, 0.6) is 0 Å². The van der Waals surface area contributed by atoms with Crippen molar-refractivity contribution in [3.63, 3.8) is 0 Å². The van der Waals surface area contributed by atoms with Gasteiger partial charge in [-0.3, -0.25) is 0 Å². The van der Waals surface area contributed by atoms with Crippen molar-refractivity contribution in [1.82, 2.24) is 9.27 Å². The Hall–Kier alpha value is -1.32. The molecule has 0 aliphatic carbocycles. The van der Waals surface area contributed by atoms with Crippen LogP contribution in [0.2, 0.25) is 0 Å². The SMILES string of the molecule is CN1CCC(CNc2snc(N)c2C#N)CC1. The molecule has 2 heterocycles. The lowest BCUT2D eigenvalue weighted by Crippen LogP contribution is -2.32. The summed E-state index contributed by atoms with van der Waals surface area (Å²) in [6, 6.07) is 2.09. The second-order valence-electron chi connectivity index (χ2n) is 4.51. The van der Waals surface area contributed by atoms with Gasteiger partial charge in [-0.25, -0.2) is 0 Å². The first-order chi connectivity index (χ1) is 8.20. The fourth-order valence-electron chi connectivity index (χ4n) is 2.03. The van der Waals surface area contributed by atoms with E-state index in [2.05, 4.69) is 27.7 Å². The monoisotopic (exact) mass is 251 g/mol. The molecule has 1 fully saturated rings. The van der Waals surface area contributed by atoms with Crippen LogP contribution in [0.4, 0.5) is 10.8 Å². The fourth-order valence-corrected chi connectivity index (χ4v) is 2.70. The van der Waals surface area contributed by atoms with Crippen molar-refractivity contribution in [3.8, 4) is 6.07 Å². The minimum atomic E-state index is 0.336. The summed E-state index contributed by atoms with van der Waals surface area (Å²) in [7, 11) is 2.15. The van der Waals surface area contributed by atoms with Gasteiger partial charge in [0.2, 0.25) is 0 Å². The molecule has 0 bridgehead atoms. The molecule has 17 heavy (non-hydrogen) atoms. The number of likely N-dealkylation sites (tertiary alicyclic amines) is 1. The first kappa shape index (κ1) is 12.1. The minimum Gasteiger partial charge on any atom is -0.382 e. The van der Waals surface area contributed by atoms with Crippen LogP contribution in [0.3, 0.4) is 0 Å². The molecule has 0 unspecified atom stereocenters. The van der Waals surface area contributed by atoms with E-state index in [1.54, 1.807) is 0 Å². The second kappa shape index (κ2) is 5.34. The van der Waals surface area contributed by atoms with E-state index >= 15 is 0 Å². The van der Waals surface area contributed by atoms with Gasteiger partial charge in [0, 0.05) is 6.54 Å². The van der Waals surface area contributed by atoms with E-state index in [1.165, 1.54) is 24.4 Å². The highest BCUT2D eigenvalue weighted by Crippen LogP contribution is 2.26. The summed E-state index contributed by atoms with van der Waals surface area (Å²) in [4.78, 5) is 2.35. The van der Waals surface area contributed by atoms with Crippen molar-refractivity contribution in [3.05, 3.63) is 5.56 Å². The van der Waals surface area contributed by atoms with E-state index < -0.39 is 0 Å². The van der Waals surface area contributed by atoms with Crippen LogP contribution >= 0.6 is 11.5 Å². The van der Waals surface area contributed by atoms with Gasteiger partial charge in [-0.15, -0.1) is 0 Å². The van der Waals surface area contributed by atoms with Crippen LogP contribution in [0, 0.1) is 17.2 Å². The van der Waals surface area contributed by atoms with Crippen LogP contribution in [0.15, 0.2) is 0 Å². The third-order valence-electron chi connectivity index (χ3n) is 3.22. The van der Waals surface area contributed by atoms with Crippen molar-refractivity contribution in [2.45, 2.75) is 12.8 Å². The summed E-state index contributed by atoms with van der Waals surface area (Å²) in [5.74, 6) is 1.02. The summed E-state index contributed by atoms with van der Waals surface area (Å²) >= 11 is 1.27. The Labute approximate surface area is 105 Å². The van der Waals surface area contributed by atoms with E-state index in [1.807, 2.05) is 0 Å². The summed E-state index contributed by atoms with van der Waals surface area (Å²) in [6.07, 6.45) is 2.42. The third kappa shape index (κ3) is 2.87. The molecule has 5 nitrogen and oxygen atoms in total. The van der Waals surface area contributed by atoms with E-state index in [4.69, 9.17) is 11.0 Å². The number of aromatic nitrogens is 1. The molecule has 6 heteroatoms. The molecule has 0 amide bonds. The number of nitriles is 1. The first-order valence-corrected chi connectivity index (χ1v) is 6.55. The van der Waals surface area contributed by atoms with Gasteiger partial charge in [0.15, 0.2) is 5.82 Å². The number of nitrogens with one attached hydrogen (secondary N) is 1. The summed E-state index contributed by atoms with van der Waals surface area (Å²) in [5.41, 5.74) is 6.10. The number of piperidine rings is 1. The predicted octanol–water partition coefficient (Wildman–Crippen LogP) is 1.35. The van der Waals surface area contributed by atoms with Gasteiger partial charge in [-0.05, 0) is 50.4 Å². The third-order valence-corrected chi connectivity index (χ3v) is 4.04. The molecule has 0 saturated carbocycles. The molecule has 0 radical (unpaired) electrons. The summed E-state index contributed by atoms with van der Waals surface area (Å²) in [6.45, 7) is 3.22. The molecule has 0 atom stereocenters. The zero-order chi connectivity index (χ0) is 12.3. The van der Waals surface area contributed by atoms with E-state index in [-0.39, 0.29) is 0 Å². The second-order valence-corrected chi connectivity index (χ2v) is 5.28. The Morgan fingerprint density at radius 3 is 2.94 bits per heavy atom. The molecule has 1 aromatic heterocycles. The molecule has 0 aromatic carbocycles. The van der Waals surface area contributed by atoms with Gasteiger partial charge < -0.3 is 16.0 Å². The Morgan fingerprint density at radius 1 is 1.59 bits per heavy atom. The topological polar surface area (TPSA) is 78.0 Å². The van der Waals surface area contributed by atoms with Crippen LogP contribution in [-0.2, 0) is 0 Å². The lowest BCUT2D eigenvalue weighted by molar-refractivity contribution is 0.226. The number of anilines is 2.